The van der Waals surface area contributed by atoms with E-state index < -0.39 is 12.7 Å². The summed E-state index contributed by atoms with van der Waals surface area (Å²) < 4.78 is 5.43. The zero-order valence-corrected chi connectivity index (χ0v) is 13.6. The third kappa shape index (κ3) is 3.28. The molecule has 3 rings (SSSR count). The van der Waals surface area contributed by atoms with Crippen molar-refractivity contribution in [3.05, 3.63) is 18.5 Å². The molecule has 1 aromatic rings. The molecule has 8 heteroatoms. The number of hydrogen-bond acceptors (Lipinski definition) is 6. The first-order valence-corrected chi connectivity index (χ1v) is 7.80. The quantitative estimate of drug-likeness (QED) is 0.736. The zero-order valence-electron chi connectivity index (χ0n) is 13.6. The fourth-order valence-electron chi connectivity index (χ4n) is 3.14. The molecule has 2 atom stereocenters. The molecule has 7 nitrogen and oxygen atoms in total. The van der Waals surface area contributed by atoms with Crippen molar-refractivity contribution in [1.29, 1.82) is 0 Å². The molecule has 1 amide bonds. The van der Waals surface area contributed by atoms with Crippen LogP contribution in [0.5, 0.6) is 0 Å². The molecule has 124 valence electrons. The number of fused-ring (bicyclic) bond motifs is 1. The van der Waals surface area contributed by atoms with Crippen LogP contribution in [0.3, 0.4) is 0 Å². The van der Waals surface area contributed by atoms with Gasteiger partial charge < -0.3 is 24.6 Å². The van der Waals surface area contributed by atoms with Crippen LogP contribution in [0.4, 0.5) is 10.5 Å². The van der Waals surface area contributed by atoms with E-state index in [1.54, 1.807) is 17.2 Å². The van der Waals surface area contributed by atoms with Crippen LogP contribution in [0.1, 0.15) is 20.8 Å². The smallest absolute Gasteiger partial charge is 0.444 e. The zero-order chi connectivity index (χ0) is 16.8. The third-order valence-electron chi connectivity index (χ3n) is 4.27. The fourth-order valence-corrected chi connectivity index (χ4v) is 3.14. The fraction of sp³-hybridized carbons (Fsp3) is 0.600. The maximum atomic E-state index is 12.2. The average Bonchev–Trinajstić information content (AvgIpc) is 2.74. The van der Waals surface area contributed by atoms with E-state index >= 15 is 0 Å². The summed E-state index contributed by atoms with van der Waals surface area (Å²) in [5.41, 5.74) is 0.718. The summed E-state index contributed by atoms with van der Waals surface area (Å²) in [7, 11) is -1.53. The molecule has 23 heavy (non-hydrogen) atoms. The van der Waals surface area contributed by atoms with Crippen LogP contribution in [-0.2, 0) is 4.74 Å². The molecule has 0 aliphatic carbocycles. The highest BCUT2D eigenvalue weighted by Crippen LogP contribution is 2.35. The van der Waals surface area contributed by atoms with Crippen LogP contribution in [0.25, 0.3) is 0 Å². The second-order valence-electron chi connectivity index (χ2n) is 7.22. The molecule has 2 aliphatic heterocycles. The summed E-state index contributed by atoms with van der Waals surface area (Å²) in [6.07, 6.45) is 2.87. The van der Waals surface area contributed by atoms with Gasteiger partial charge in [-0.2, -0.15) is 0 Å². The lowest BCUT2D eigenvalue weighted by molar-refractivity contribution is -0.0163. The van der Waals surface area contributed by atoms with Gasteiger partial charge in [0.15, 0.2) is 0 Å². The highest BCUT2D eigenvalue weighted by Gasteiger charge is 2.49. The summed E-state index contributed by atoms with van der Waals surface area (Å²) in [5, 5.41) is 18.5. The molecule has 0 spiro atoms. The van der Waals surface area contributed by atoms with E-state index in [9.17, 15) is 14.8 Å². The number of nitrogens with zero attached hydrogens (tertiary/aromatic N) is 3. The van der Waals surface area contributed by atoms with Crippen LogP contribution < -0.4 is 10.4 Å². The Labute approximate surface area is 136 Å². The van der Waals surface area contributed by atoms with Gasteiger partial charge >= 0.3 is 13.2 Å². The normalized spacial score (nSPS) is 23.3. The Kier molecular flexibility index (Phi) is 3.97. The minimum absolute atomic E-state index is 0.146. The van der Waals surface area contributed by atoms with E-state index in [-0.39, 0.29) is 12.1 Å². The monoisotopic (exact) mass is 319 g/mol. The Hall–Kier alpha value is -1.80. The Morgan fingerprint density at radius 3 is 2.70 bits per heavy atom. The predicted molar refractivity (Wildman–Crippen MR) is 86.5 cm³/mol. The minimum Gasteiger partial charge on any atom is -0.444 e. The van der Waals surface area contributed by atoms with Crippen molar-refractivity contribution < 1.29 is 19.6 Å². The number of likely N-dealkylation sites (tertiary alicyclic amines) is 1. The van der Waals surface area contributed by atoms with Crippen molar-refractivity contribution in [1.82, 2.24) is 9.88 Å². The second-order valence-corrected chi connectivity index (χ2v) is 7.22. The second kappa shape index (κ2) is 5.69. The lowest BCUT2D eigenvalue weighted by Gasteiger charge is -2.43. The Bertz CT molecular complexity index is 605. The number of anilines is 1. The number of pyridine rings is 1. The lowest BCUT2D eigenvalue weighted by atomic mass is 9.81. The third-order valence-corrected chi connectivity index (χ3v) is 4.27. The molecule has 2 aliphatic rings. The lowest BCUT2D eigenvalue weighted by Crippen LogP contribution is -2.59. The summed E-state index contributed by atoms with van der Waals surface area (Å²) in [5.74, 6) is 0.422. The summed E-state index contributed by atoms with van der Waals surface area (Å²) in [4.78, 5) is 20.1. The van der Waals surface area contributed by atoms with Gasteiger partial charge in [-0.3, -0.25) is 4.98 Å². The Balaban J connectivity index is 1.65. The van der Waals surface area contributed by atoms with Gasteiger partial charge in [0.05, 0.1) is 17.9 Å². The SMILES string of the molecule is CC(C)(C)OC(=O)N1C[C@H]2CN(c3cncc(B(O)O)c3)C[C@H]21. The van der Waals surface area contributed by atoms with E-state index in [2.05, 4.69) is 9.88 Å². The van der Waals surface area contributed by atoms with Gasteiger partial charge in [0.1, 0.15) is 5.60 Å². The van der Waals surface area contributed by atoms with Crippen molar-refractivity contribution in [2.24, 2.45) is 5.92 Å². The van der Waals surface area contributed by atoms with E-state index in [4.69, 9.17) is 4.74 Å². The van der Waals surface area contributed by atoms with Crippen molar-refractivity contribution in [2.45, 2.75) is 32.4 Å². The van der Waals surface area contributed by atoms with Crippen LogP contribution in [0.15, 0.2) is 18.5 Å². The first-order chi connectivity index (χ1) is 10.7. The van der Waals surface area contributed by atoms with Crippen molar-refractivity contribution in [3.63, 3.8) is 0 Å². The topological polar surface area (TPSA) is 86.1 Å². The maximum absolute atomic E-state index is 12.2. The van der Waals surface area contributed by atoms with Crippen molar-refractivity contribution in [3.8, 4) is 0 Å². The highest BCUT2D eigenvalue weighted by molar-refractivity contribution is 6.58. The maximum Gasteiger partial charge on any atom is 0.490 e. The van der Waals surface area contributed by atoms with E-state index in [1.807, 2.05) is 20.8 Å². The largest absolute Gasteiger partial charge is 0.490 e. The number of rotatable bonds is 2. The first-order valence-electron chi connectivity index (χ1n) is 7.80. The summed E-state index contributed by atoms with van der Waals surface area (Å²) >= 11 is 0. The first kappa shape index (κ1) is 16.1. The standard InChI is InChI=1S/C15H22BN3O4/c1-15(2,3)23-14(20)19-8-10-7-18(9-13(10)19)12-4-11(16(21)22)5-17-6-12/h4-6,10,13,21-22H,7-9H2,1-3H3/t10-,13-/m1/s1. The van der Waals surface area contributed by atoms with Crippen LogP contribution in [0.2, 0.25) is 0 Å². The molecule has 0 aromatic carbocycles. The van der Waals surface area contributed by atoms with E-state index in [0.717, 1.165) is 12.2 Å². The molecule has 2 fully saturated rings. The van der Waals surface area contributed by atoms with Crippen LogP contribution in [0, 0.1) is 5.92 Å². The molecule has 3 heterocycles. The van der Waals surface area contributed by atoms with Gasteiger partial charge in [-0.15, -0.1) is 0 Å². The predicted octanol–water partition coefficient (Wildman–Crippen LogP) is -0.183. The Morgan fingerprint density at radius 1 is 1.30 bits per heavy atom. The van der Waals surface area contributed by atoms with Gasteiger partial charge in [-0.25, -0.2) is 4.79 Å². The molecule has 0 radical (unpaired) electrons. The van der Waals surface area contributed by atoms with E-state index in [1.165, 1.54) is 6.20 Å². The van der Waals surface area contributed by atoms with Gasteiger partial charge in [-0.05, 0) is 26.8 Å². The molecular weight excluding hydrogens is 297 g/mol. The number of carbonyl (C=O) groups excluding carboxylic acids is 1. The molecule has 2 saturated heterocycles. The van der Waals surface area contributed by atoms with Crippen molar-refractivity contribution in [2.75, 3.05) is 24.5 Å². The van der Waals surface area contributed by atoms with Crippen LogP contribution in [-0.4, -0.2) is 64.4 Å². The minimum atomic E-state index is -1.53. The average molecular weight is 319 g/mol. The van der Waals surface area contributed by atoms with Crippen LogP contribution >= 0.6 is 0 Å². The molecular formula is C15H22BN3O4. The number of carbonyl (C=O) groups is 1. The summed E-state index contributed by atoms with van der Waals surface area (Å²) in [6, 6.07) is 1.87. The van der Waals surface area contributed by atoms with Gasteiger partial charge in [0.25, 0.3) is 0 Å². The number of ether oxygens (including phenoxy) is 1. The van der Waals surface area contributed by atoms with Gasteiger partial charge in [0, 0.05) is 37.2 Å². The van der Waals surface area contributed by atoms with Gasteiger partial charge in [0.2, 0.25) is 0 Å². The number of hydrogen-bond donors (Lipinski definition) is 2. The van der Waals surface area contributed by atoms with E-state index in [0.29, 0.717) is 24.5 Å². The molecule has 1 aromatic heterocycles. The summed E-state index contributed by atoms with van der Waals surface area (Å²) in [6.45, 7) is 7.82. The number of aromatic nitrogens is 1. The van der Waals surface area contributed by atoms with Crippen molar-refractivity contribution >= 4 is 24.4 Å². The van der Waals surface area contributed by atoms with Gasteiger partial charge in [-0.1, -0.05) is 0 Å². The molecule has 2 N–H and O–H groups in total. The Morgan fingerprint density at radius 2 is 2.04 bits per heavy atom. The number of amides is 1. The molecule has 0 saturated carbocycles. The molecule has 0 bridgehead atoms. The highest BCUT2D eigenvalue weighted by atomic mass is 16.6. The molecule has 0 unspecified atom stereocenters.